The molecule has 0 bridgehead atoms. The smallest absolute Gasteiger partial charge is 0.0738 e. The van der Waals surface area contributed by atoms with Crippen molar-refractivity contribution in [1.29, 1.82) is 0 Å². The fourth-order valence-electron chi connectivity index (χ4n) is 3.46. The van der Waals surface area contributed by atoms with E-state index in [-0.39, 0.29) is 17.4 Å². The molecule has 1 saturated carbocycles. The molecule has 2 N–H and O–H groups in total. The van der Waals surface area contributed by atoms with Crippen molar-refractivity contribution in [2.45, 2.75) is 51.6 Å². The second-order valence-corrected chi connectivity index (χ2v) is 7.57. The van der Waals surface area contributed by atoms with E-state index in [1.165, 1.54) is 5.75 Å². The SMILES string of the molecule is CC1(C)CCC(O)(C2(CO)CCCSC2)C1. The van der Waals surface area contributed by atoms with Crippen LogP contribution < -0.4 is 0 Å². The summed E-state index contributed by atoms with van der Waals surface area (Å²) in [6.45, 7) is 4.60. The van der Waals surface area contributed by atoms with Crippen molar-refractivity contribution < 1.29 is 10.2 Å². The van der Waals surface area contributed by atoms with Gasteiger partial charge in [-0.1, -0.05) is 13.8 Å². The van der Waals surface area contributed by atoms with Crippen LogP contribution in [0.15, 0.2) is 0 Å². The minimum absolute atomic E-state index is 0.145. The number of hydrogen-bond donors (Lipinski definition) is 2. The Kier molecular flexibility index (Phi) is 3.32. The summed E-state index contributed by atoms with van der Waals surface area (Å²) >= 11 is 1.89. The second-order valence-electron chi connectivity index (χ2n) is 6.47. The lowest BCUT2D eigenvalue weighted by molar-refractivity contribution is -0.103. The van der Waals surface area contributed by atoms with Crippen LogP contribution in [-0.2, 0) is 0 Å². The molecule has 2 unspecified atom stereocenters. The molecular formula is C13H24O2S. The Morgan fingerprint density at radius 1 is 1.19 bits per heavy atom. The van der Waals surface area contributed by atoms with Crippen molar-refractivity contribution in [3.63, 3.8) is 0 Å². The minimum atomic E-state index is -0.626. The number of rotatable bonds is 2. The van der Waals surface area contributed by atoms with Gasteiger partial charge in [-0.05, 0) is 43.3 Å². The first-order chi connectivity index (χ1) is 7.43. The number of aliphatic hydroxyl groups is 2. The van der Waals surface area contributed by atoms with Crippen LogP contribution in [0.1, 0.15) is 46.0 Å². The molecule has 1 aliphatic heterocycles. The first-order valence-electron chi connectivity index (χ1n) is 6.34. The van der Waals surface area contributed by atoms with Gasteiger partial charge in [-0.25, -0.2) is 0 Å². The Balaban J connectivity index is 2.20. The van der Waals surface area contributed by atoms with Crippen molar-refractivity contribution in [2.75, 3.05) is 18.1 Å². The molecule has 1 aliphatic carbocycles. The quantitative estimate of drug-likeness (QED) is 0.784. The Labute approximate surface area is 103 Å². The zero-order valence-corrected chi connectivity index (χ0v) is 11.3. The lowest BCUT2D eigenvalue weighted by Gasteiger charge is -2.47. The van der Waals surface area contributed by atoms with E-state index < -0.39 is 5.60 Å². The summed E-state index contributed by atoms with van der Waals surface area (Å²) in [6.07, 6.45) is 4.91. The first kappa shape index (κ1) is 12.7. The normalized spacial score (nSPS) is 43.5. The molecule has 2 aliphatic rings. The summed E-state index contributed by atoms with van der Waals surface area (Å²) in [5.74, 6) is 2.11. The summed E-state index contributed by atoms with van der Waals surface area (Å²) in [5, 5.41) is 20.7. The van der Waals surface area contributed by atoms with Crippen molar-refractivity contribution in [2.24, 2.45) is 10.8 Å². The zero-order valence-electron chi connectivity index (χ0n) is 10.5. The van der Waals surface area contributed by atoms with Crippen LogP contribution in [0.4, 0.5) is 0 Å². The van der Waals surface area contributed by atoms with Crippen LogP contribution in [-0.4, -0.2) is 33.9 Å². The van der Waals surface area contributed by atoms with Crippen molar-refractivity contribution in [3.8, 4) is 0 Å². The molecule has 0 aromatic rings. The Bertz CT molecular complexity index is 259. The second kappa shape index (κ2) is 4.18. The number of aliphatic hydroxyl groups excluding tert-OH is 1. The topological polar surface area (TPSA) is 40.5 Å². The van der Waals surface area contributed by atoms with Crippen molar-refractivity contribution >= 4 is 11.8 Å². The molecule has 16 heavy (non-hydrogen) atoms. The van der Waals surface area contributed by atoms with E-state index in [2.05, 4.69) is 13.8 Å². The maximum absolute atomic E-state index is 10.9. The van der Waals surface area contributed by atoms with Gasteiger partial charge in [0.05, 0.1) is 12.2 Å². The van der Waals surface area contributed by atoms with Gasteiger partial charge in [0.2, 0.25) is 0 Å². The summed E-state index contributed by atoms with van der Waals surface area (Å²) in [7, 11) is 0. The molecule has 2 atom stereocenters. The summed E-state index contributed by atoms with van der Waals surface area (Å²) < 4.78 is 0. The Morgan fingerprint density at radius 3 is 2.38 bits per heavy atom. The fraction of sp³-hybridized carbons (Fsp3) is 1.00. The lowest BCUT2D eigenvalue weighted by atomic mass is 9.68. The molecule has 0 aromatic heterocycles. The van der Waals surface area contributed by atoms with Gasteiger partial charge in [-0.2, -0.15) is 11.8 Å². The van der Waals surface area contributed by atoms with Gasteiger partial charge in [-0.15, -0.1) is 0 Å². The third-order valence-corrected chi connectivity index (χ3v) is 5.93. The Hall–Kier alpha value is 0.270. The van der Waals surface area contributed by atoms with Gasteiger partial charge >= 0.3 is 0 Å². The van der Waals surface area contributed by atoms with Gasteiger partial charge in [0.15, 0.2) is 0 Å². The third-order valence-electron chi connectivity index (χ3n) is 4.60. The summed E-state index contributed by atoms with van der Waals surface area (Å²) in [5.41, 5.74) is -0.624. The van der Waals surface area contributed by atoms with Crippen LogP contribution in [0, 0.1) is 10.8 Å². The average molecular weight is 244 g/mol. The molecule has 0 radical (unpaired) electrons. The van der Waals surface area contributed by atoms with Crippen LogP contribution in [0.5, 0.6) is 0 Å². The van der Waals surface area contributed by atoms with Crippen LogP contribution in [0.2, 0.25) is 0 Å². The van der Waals surface area contributed by atoms with Crippen LogP contribution in [0.3, 0.4) is 0 Å². The monoisotopic (exact) mass is 244 g/mol. The molecule has 0 spiro atoms. The standard InChI is InChI=1S/C13H24O2S/c1-11(2)5-6-13(15,8-11)12(9-14)4-3-7-16-10-12/h14-15H,3-10H2,1-2H3. The van der Waals surface area contributed by atoms with E-state index in [9.17, 15) is 10.2 Å². The van der Waals surface area contributed by atoms with Crippen molar-refractivity contribution in [3.05, 3.63) is 0 Å². The van der Waals surface area contributed by atoms with E-state index in [4.69, 9.17) is 0 Å². The highest BCUT2D eigenvalue weighted by Gasteiger charge is 2.55. The lowest BCUT2D eigenvalue weighted by Crippen LogP contribution is -2.52. The molecule has 3 heteroatoms. The highest BCUT2D eigenvalue weighted by Crippen LogP contribution is 2.55. The zero-order chi connectivity index (χ0) is 11.9. The highest BCUT2D eigenvalue weighted by molar-refractivity contribution is 7.99. The number of thioether (sulfide) groups is 1. The number of hydrogen-bond acceptors (Lipinski definition) is 3. The largest absolute Gasteiger partial charge is 0.396 e. The van der Waals surface area contributed by atoms with E-state index in [0.717, 1.165) is 37.9 Å². The predicted octanol–water partition coefficient (Wildman–Crippen LogP) is 2.43. The maximum atomic E-state index is 10.9. The molecule has 2 nitrogen and oxygen atoms in total. The molecule has 1 heterocycles. The molecule has 0 aromatic carbocycles. The van der Waals surface area contributed by atoms with Gasteiger partial charge in [0, 0.05) is 11.2 Å². The van der Waals surface area contributed by atoms with Crippen molar-refractivity contribution in [1.82, 2.24) is 0 Å². The maximum Gasteiger partial charge on any atom is 0.0738 e. The van der Waals surface area contributed by atoms with Gasteiger partial charge in [0.1, 0.15) is 0 Å². The summed E-state index contributed by atoms with van der Waals surface area (Å²) in [6, 6.07) is 0. The third kappa shape index (κ3) is 2.02. The highest BCUT2D eigenvalue weighted by atomic mass is 32.2. The van der Waals surface area contributed by atoms with Crippen LogP contribution >= 0.6 is 11.8 Å². The predicted molar refractivity (Wildman–Crippen MR) is 68.7 cm³/mol. The minimum Gasteiger partial charge on any atom is -0.396 e. The molecule has 2 fully saturated rings. The van der Waals surface area contributed by atoms with E-state index >= 15 is 0 Å². The molecule has 0 amide bonds. The van der Waals surface area contributed by atoms with E-state index in [0.29, 0.717) is 0 Å². The fourth-order valence-corrected chi connectivity index (χ4v) is 4.85. The Morgan fingerprint density at radius 2 is 1.94 bits per heavy atom. The average Bonchev–Trinajstić information content (AvgIpc) is 2.55. The molecule has 2 rings (SSSR count). The first-order valence-corrected chi connectivity index (χ1v) is 7.50. The molecule has 1 saturated heterocycles. The van der Waals surface area contributed by atoms with Crippen LogP contribution in [0.25, 0.3) is 0 Å². The van der Waals surface area contributed by atoms with E-state index in [1.807, 2.05) is 11.8 Å². The molecular weight excluding hydrogens is 220 g/mol. The van der Waals surface area contributed by atoms with Gasteiger partial charge in [0.25, 0.3) is 0 Å². The summed E-state index contributed by atoms with van der Waals surface area (Å²) in [4.78, 5) is 0. The van der Waals surface area contributed by atoms with Gasteiger partial charge < -0.3 is 10.2 Å². The van der Waals surface area contributed by atoms with Gasteiger partial charge in [-0.3, -0.25) is 0 Å². The van der Waals surface area contributed by atoms with E-state index in [1.54, 1.807) is 0 Å². The molecule has 94 valence electrons.